The Hall–Kier alpha value is -0.190. The normalized spacial score (nSPS) is 13.1. The third kappa shape index (κ3) is 3.40. The molecular formula is C11H19ClN2OS. The highest BCUT2D eigenvalue weighted by Crippen LogP contribution is 2.22. The Kier molecular flexibility index (Phi) is 5.66. The van der Waals surface area contributed by atoms with E-state index in [0.717, 1.165) is 29.4 Å². The molecule has 1 unspecified atom stereocenters. The monoisotopic (exact) mass is 262 g/mol. The maximum Gasteiger partial charge on any atom is 0.0848 e. The van der Waals surface area contributed by atoms with Crippen LogP contribution in [0.25, 0.3) is 0 Å². The Morgan fingerprint density at radius 1 is 1.50 bits per heavy atom. The second-order valence-electron chi connectivity index (χ2n) is 3.68. The number of thioether (sulfide) groups is 1. The van der Waals surface area contributed by atoms with Crippen molar-refractivity contribution in [3.63, 3.8) is 0 Å². The highest BCUT2D eigenvalue weighted by atomic mass is 35.5. The first-order valence-electron chi connectivity index (χ1n) is 5.57. The van der Waals surface area contributed by atoms with Gasteiger partial charge in [0.05, 0.1) is 22.5 Å². The van der Waals surface area contributed by atoms with Crippen molar-refractivity contribution in [3.8, 4) is 0 Å². The van der Waals surface area contributed by atoms with Crippen LogP contribution in [0.1, 0.15) is 25.2 Å². The first-order valence-corrected chi connectivity index (χ1v) is 7.10. The summed E-state index contributed by atoms with van der Waals surface area (Å²) >= 11 is 7.91. The molecule has 0 aliphatic heterocycles. The number of hydrogen-bond acceptors (Lipinski definition) is 3. The fourth-order valence-corrected chi connectivity index (χ4v) is 2.44. The molecule has 5 heteroatoms. The average Bonchev–Trinajstić information content (AvgIpc) is 2.54. The summed E-state index contributed by atoms with van der Waals surface area (Å²) in [6, 6.07) is 0. The van der Waals surface area contributed by atoms with Gasteiger partial charge in [-0.25, -0.2) is 0 Å². The molecule has 0 saturated heterocycles. The largest absolute Gasteiger partial charge is 0.392 e. The van der Waals surface area contributed by atoms with E-state index >= 15 is 0 Å². The van der Waals surface area contributed by atoms with E-state index in [-0.39, 0.29) is 6.10 Å². The van der Waals surface area contributed by atoms with Crippen LogP contribution < -0.4 is 0 Å². The summed E-state index contributed by atoms with van der Waals surface area (Å²) in [4.78, 5) is 0. The summed E-state index contributed by atoms with van der Waals surface area (Å²) in [7, 11) is 0. The first kappa shape index (κ1) is 13.9. The number of hydrogen-bond donors (Lipinski definition) is 1. The molecule has 0 aliphatic rings. The second-order valence-corrected chi connectivity index (χ2v) is 5.38. The molecule has 1 aromatic rings. The Morgan fingerprint density at radius 2 is 2.19 bits per heavy atom. The molecule has 0 amide bonds. The predicted octanol–water partition coefficient (Wildman–Crippen LogP) is 2.52. The maximum absolute atomic E-state index is 9.87. The Balaban J connectivity index is 2.71. The number of aryl methyl sites for hydroxylation is 2. The van der Waals surface area contributed by atoms with Crippen molar-refractivity contribution in [1.82, 2.24) is 9.78 Å². The smallest absolute Gasteiger partial charge is 0.0848 e. The maximum atomic E-state index is 9.87. The predicted molar refractivity (Wildman–Crippen MR) is 70.4 cm³/mol. The lowest BCUT2D eigenvalue weighted by Crippen LogP contribution is -2.17. The van der Waals surface area contributed by atoms with E-state index in [1.54, 1.807) is 11.8 Å². The van der Waals surface area contributed by atoms with Crippen molar-refractivity contribution in [2.75, 3.05) is 11.5 Å². The molecule has 1 atom stereocenters. The van der Waals surface area contributed by atoms with Gasteiger partial charge < -0.3 is 5.11 Å². The van der Waals surface area contributed by atoms with E-state index in [0.29, 0.717) is 11.4 Å². The van der Waals surface area contributed by atoms with Crippen LogP contribution in [-0.4, -0.2) is 32.5 Å². The summed E-state index contributed by atoms with van der Waals surface area (Å²) in [5.41, 5.74) is 1.79. The lowest BCUT2D eigenvalue weighted by molar-refractivity contribution is 0.197. The Morgan fingerprint density at radius 3 is 2.75 bits per heavy atom. The minimum Gasteiger partial charge on any atom is -0.392 e. The Bertz CT molecular complexity index is 341. The van der Waals surface area contributed by atoms with Crippen molar-refractivity contribution in [1.29, 1.82) is 0 Å². The quantitative estimate of drug-likeness (QED) is 0.856. The van der Waals surface area contributed by atoms with Crippen LogP contribution >= 0.6 is 23.4 Å². The molecule has 0 bridgehead atoms. The molecule has 16 heavy (non-hydrogen) atoms. The zero-order chi connectivity index (χ0) is 12.1. The van der Waals surface area contributed by atoms with Crippen LogP contribution in [-0.2, 0) is 13.0 Å². The molecule has 92 valence electrons. The van der Waals surface area contributed by atoms with Crippen LogP contribution in [0.2, 0.25) is 5.02 Å². The van der Waals surface area contributed by atoms with E-state index in [2.05, 4.69) is 12.0 Å². The molecule has 1 aromatic heterocycles. The van der Waals surface area contributed by atoms with Crippen molar-refractivity contribution >= 4 is 23.4 Å². The minimum absolute atomic E-state index is 0.344. The molecule has 0 radical (unpaired) electrons. The van der Waals surface area contributed by atoms with E-state index < -0.39 is 0 Å². The van der Waals surface area contributed by atoms with Gasteiger partial charge in [0.25, 0.3) is 0 Å². The van der Waals surface area contributed by atoms with Gasteiger partial charge in [0.15, 0.2) is 0 Å². The molecule has 0 aliphatic carbocycles. The van der Waals surface area contributed by atoms with E-state index in [1.165, 1.54) is 0 Å². The van der Waals surface area contributed by atoms with Crippen LogP contribution in [0.5, 0.6) is 0 Å². The second kappa shape index (κ2) is 6.52. The van der Waals surface area contributed by atoms with Crippen LogP contribution in [0.15, 0.2) is 0 Å². The van der Waals surface area contributed by atoms with Gasteiger partial charge in [-0.1, -0.05) is 18.5 Å². The zero-order valence-electron chi connectivity index (χ0n) is 10.0. The highest BCUT2D eigenvalue weighted by molar-refractivity contribution is 7.99. The summed E-state index contributed by atoms with van der Waals surface area (Å²) < 4.78 is 1.87. The fourth-order valence-electron chi connectivity index (χ4n) is 1.60. The minimum atomic E-state index is -0.344. The number of aromatic nitrogens is 2. The van der Waals surface area contributed by atoms with Gasteiger partial charge in [-0.15, -0.1) is 0 Å². The van der Waals surface area contributed by atoms with Crippen molar-refractivity contribution in [2.24, 2.45) is 0 Å². The standard InChI is InChI=1S/C11H19ClN2OS/c1-4-14-10(11(12)8(3)13-14)6-9(15)7-16-5-2/h9,15H,4-7H2,1-3H3. The van der Waals surface area contributed by atoms with Gasteiger partial charge in [0, 0.05) is 18.7 Å². The number of rotatable bonds is 6. The molecule has 0 spiro atoms. The van der Waals surface area contributed by atoms with Gasteiger partial charge in [0.1, 0.15) is 0 Å². The van der Waals surface area contributed by atoms with Crippen LogP contribution in [0.3, 0.4) is 0 Å². The summed E-state index contributed by atoms with van der Waals surface area (Å²) in [6.07, 6.45) is 0.240. The Labute approximate surface area is 106 Å². The molecule has 0 fully saturated rings. The molecule has 1 rings (SSSR count). The molecular weight excluding hydrogens is 244 g/mol. The van der Waals surface area contributed by atoms with E-state index in [1.807, 2.05) is 18.5 Å². The van der Waals surface area contributed by atoms with Gasteiger partial charge in [-0.05, 0) is 19.6 Å². The van der Waals surface area contributed by atoms with Gasteiger partial charge in [-0.2, -0.15) is 16.9 Å². The van der Waals surface area contributed by atoms with Crippen LogP contribution in [0.4, 0.5) is 0 Å². The average molecular weight is 263 g/mol. The van der Waals surface area contributed by atoms with E-state index in [4.69, 9.17) is 11.6 Å². The SMILES string of the molecule is CCSCC(O)Cc1c(Cl)c(C)nn1CC. The summed E-state index contributed by atoms with van der Waals surface area (Å²) in [5, 5.41) is 14.9. The highest BCUT2D eigenvalue weighted by Gasteiger charge is 2.16. The number of aliphatic hydroxyl groups is 1. The number of aliphatic hydroxyl groups excluding tert-OH is 1. The molecule has 1 N–H and O–H groups in total. The van der Waals surface area contributed by atoms with Crippen molar-refractivity contribution in [3.05, 3.63) is 16.4 Å². The van der Waals surface area contributed by atoms with E-state index in [9.17, 15) is 5.11 Å². The lowest BCUT2D eigenvalue weighted by Gasteiger charge is -2.11. The first-order chi connectivity index (χ1) is 7.60. The molecule has 1 heterocycles. The molecule has 3 nitrogen and oxygen atoms in total. The van der Waals surface area contributed by atoms with Gasteiger partial charge in [-0.3, -0.25) is 4.68 Å². The van der Waals surface area contributed by atoms with Crippen LogP contribution in [0, 0.1) is 6.92 Å². The summed E-state index contributed by atoms with van der Waals surface area (Å²) in [6.45, 7) is 6.80. The lowest BCUT2D eigenvalue weighted by atomic mass is 10.2. The van der Waals surface area contributed by atoms with Crippen molar-refractivity contribution < 1.29 is 5.11 Å². The molecule has 0 aromatic carbocycles. The topological polar surface area (TPSA) is 38.1 Å². The third-order valence-electron chi connectivity index (χ3n) is 2.40. The van der Waals surface area contributed by atoms with Gasteiger partial charge in [0.2, 0.25) is 0 Å². The molecule has 0 saturated carbocycles. The summed E-state index contributed by atoms with van der Waals surface area (Å²) in [5.74, 6) is 1.78. The number of nitrogens with zero attached hydrogens (tertiary/aromatic N) is 2. The number of halogens is 1. The fraction of sp³-hybridized carbons (Fsp3) is 0.727. The zero-order valence-corrected chi connectivity index (χ0v) is 11.6. The van der Waals surface area contributed by atoms with Gasteiger partial charge >= 0.3 is 0 Å². The van der Waals surface area contributed by atoms with Crippen molar-refractivity contribution in [2.45, 2.75) is 39.8 Å². The third-order valence-corrected chi connectivity index (χ3v) is 3.92.